The van der Waals surface area contributed by atoms with Crippen molar-refractivity contribution in [3.05, 3.63) is 29.8 Å². The number of rotatable bonds is 5. The maximum absolute atomic E-state index is 12.8. The van der Waals surface area contributed by atoms with Crippen LogP contribution in [0.25, 0.3) is 0 Å². The molecule has 156 valence electrons. The van der Waals surface area contributed by atoms with Gasteiger partial charge >= 0.3 is 0 Å². The molecule has 3 aliphatic rings. The third kappa shape index (κ3) is 4.14. The summed E-state index contributed by atoms with van der Waals surface area (Å²) in [5, 5.41) is 2.97. The molecule has 0 bridgehead atoms. The van der Waals surface area contributed by atoms with Gasteiger partial charge in [0.2, 0.25) is 17.7 Å². The van der Waals surface area contributed by atoms with E-state index in [1.165, 1.54) is 0 Å². The van der Waals surface area contributed by atoms with E-state index in [1.807, 2.05) is 31.2 Å². The number of nitrogens with two attached hydrogens (primary N) is 1. The summed E-state index contributed by atoms with van der Waals surface area (Å²) in [6, 6.07) is 7.39. The molecule has 3 saturated heterocycles. The molecule has 3 N–H and O–H groups in total. The molecule has 8 heteroatoms. The number of carbonyl (C=O) groups excluding carboxylic acids is 3. The van der Waals surface area contributed by atoms with Gasteiger partial charge in [0, 0.05) is 31.0 Å². The number of likely N-dealkylation sites (tertiary alicyclic amines) is 1. The molecule has 3 unspecified atom stereocenters. The monoisotopic (exact) mass is 416 g/mol. The standard InChI is InChI=1S/C21H28N4O3S/c1-21-9-8-18(26)25(21)17(13-29-21)20(28)23-16-6-4-14(5-7-16)11-24-10-2-3-15(12-24)19(22)27/h4-7,15,17H,2-3,8-13H2,1H3,(H2,22,27)(H,23,28). The Bertz CT molecular complexity index is 815. The molecule has 4 rings (SSSR count). The molecule has 3 atom stereocenters. The summed E-state index contributed by atoms with van der Waals surface area (Å²) in [4.78, 5) is 40.2. The van der Waals surface area contributed by atoms with Gasteiger partial charge in [-0.1, -0.05) is 12.1 Å². The maximum atomic E-state index is 12.8. The molecule has 1 aromatic rings. The third-order valence-corrected chi connectivity index (χ3v) is 7.79. The molecule has 7 nitrogen and oxygen atoms in total. The molecule has 3 heterocycles. The van der Waals surface area contributed by atoms with E-state index in [-0.39, 0.29) is 28.5 Å². The number of fused-ring (bicyclic) bond motifs is 1. The van der Waals surface area contributed by atoms with Crippen LogP contribution in [0.5, 0.6) is 0 Å². The number of piperidine rings is 1. The van der Waals surface area contributed by atoms with E-state index >= 15 is 0 Å². The summed E-state index contributed by atoms with van der Waals surface area (Å²) >= 11 is 1.70. The Kier molecular flexibility index (Phi) is 5.57. The average Bonchev–Trinajstić information content (AvgIpc) is 3.19. The molecule has 29 heavy (non-hydrogen) atoms. The molecule has 0 saturated carbocycles. The maximum Gasteiger partial charge on any atom is 0.248 e. The van der Waals surface area contributed by atoms with E-state index < -0.39 is 6.04 Å². The predicted octanol–water partition coefficient (Wildman–Crippen LogP) is 1.78. The van der Waals surface area contributed by atoms with E-state index in [9.17, 15) is 14.4 Å². The van der Waals surface area contributed by atoms with Gasteiger partial charge in [0.1, 0.15) is 6.04 Å². The van der Waals surface area contributed by atoms with Crippen molar-refractivity contribution in [3.63, 3.8) is 0 Å². The van der Waals surface area contributed by atoms with Crippen molar-refractivity contribution in [1.29, 1.82) is 0 Å². The Morgan fingerprint density at radius 2 is 2.07 bits per heavy atom. The third-order valence-electron chi connectivity index (χ3n) is 6.28. The highest BCUT2D eigenvalue weighted by molar-refractivity contribution is 8.01. The van der Waals surface area contributed by atoms with Gasteiger partial charge in [-0.15, -0.1) is 11.8 Å². The van der Waals surface area contributed by atoms with Gasteiger partial charge in [0.15, 0.2) is 0 Å². The predicted molar refractivity (Wildman–Crippen MR) is 113 cm³/mol. The molecule has 3 aliphatic heterocycles. The van der Waals surface area contributed by atoms with Gasteiger partial charge in [-0.2, -0.15) is 0 Å². The van der Waals surface area contributed by atoms with Gasteiger partial charge in [0.25, 0.3) is 0 Å². The van der Waals surface area contributed by atoms with E-state index in [4.69, 9.17) is 5.73 Å². The Labute approximate surface area is 175 Å². The fourth-order valence-electron chi connectivity index (χ4n) is 4.62. The molecule has 0 aliphatic carbocycles. The fourth-order valence-corrected chi connectivity index (χ4v) is 6.06. The van der Waals surface area contributed by atoms with Gasteiger partial charge in [-0.3, -0.25) is 19.3 Å². The molecule has 0 radical (unpaired) electrons. The first kappa shape index (κ1) is 20.2. The van der Waals surface area contributed by atoms with E-state index in [1.54, 1.807) is 16.7 Å². The zero-order valence-electron chi connectivity index (χ0n) is 16.7. The van der Waals surface area contributed by atoms with Crippen LogP contribution in [-0.2, 0) is 20.9 Å². The van der Waals surface area contributed by atoms with Gasteiger partial charge in [-0.05, 0) is 50.4 Å². The summed E-state index contributed by atoms with van der Waals surface area (Å²) in [6.45, 7) is 4.48. The number of benzene rings is 1. The lowest BCUT2D eigenvalue weighted by Gasteiger charge is -2.31. The summed E-state index contributed by atoms with van der Waals surface area (Å²) in [7, 11) is 0. The van der Waals surface area contributed by atoms with Gasteiger partial charge in [0.05, 0.1) is 10.8 Å². The summed E-state index contributed by atoms with van der Waals surface area (Å²) in [6.07, 6.45) is 3.18. The van der Waals surface area contributed by atoms with Crippen molar-refractivity contribution in [3.8, 4) is 0 Å². The summed E-state index contributed by atoms with van der Waals surface area (Å²) < 4.78 is 0. The summed E-state index contributed by atoms with van der Waals surface area (Å²) in [5.74, 6) is 0.312. The number of carbonyl (C=O) groups is 3. The minimum absolute atomic E-state index is 0.0643. The molecule has 3 amide bonds. The highest BCUT2D eigenvalue weighted by Crippen LogP contribution is 2.47. The quantitative estimate of drug-likeness (QED) is 0.763. The second kappa shape index (κ2) is 7.99. The number of primary amides is 1. The normalized spacial score (nSPS) is 29.7. The number of nitrogens with one attached hydrogen (secondary N) is 1. The first-order valence-electron chi connectivity index (χ1n) is 10.2. The number of thioether (sulfide) groups is 1. The second-order valence-electron chi connectivity index (χ2n) is 8.43. The first-order valence-corrected chi connectivity index (χ1v) is 11.2. The van der Waals surface area contributed by atoms with Crippen molar-refractivity contribution >= 4 is 35.2 Å². The number of amides is 3. The lowest BCUT2D eigenvalue weighted by molar-refractivity contribution is -0.135. The molecule has 0 aromatic heterocycles. The van der Waals surface area contributed by atoms with E-state index in [0.717, 1.165) is 43.6 Å². The zero-order chi connectivity index (χ0) is 20.6. The van der Waals surface area contributed by atoms with Crippen molar-refractivity contribution in [1.82, 2.24) is 9.80 Å². The molecule has 0 spiro atoms. The Balaban J connectivity index is 1.34. The Morgan fingerprint density at radius 1 is 1.31 bits per heavy atom. The van der Waals surface area contributed by atoms with E-state index in [0.29, 0.717) is 18.7 Å². The SMILES string of the molecule is CC12CCC(=O)N1C(C(=O)Nc1ccc(CN3CCCC(C(N)=O)C3)cc1)CS2. The molecular weight excluding hydrogens is 388 g/mol. The summed E-state index contributed by atoms with van der Waals surface area (Å²) in [5.41, 5.74) is 7.32. The van der Waals surface area contributed by atoms with Crippen LogP contribution in [0.2, 0.25) is 0 Å². The van der Waals surface area contributed by atoms with Crippen LogP contribution in [0.4, 0.5) is 5.69 Å². The fraction of sp³-hybridized carbons (Fsp3) is 0.571. The zero-order valence-corrected chi connectivity index (χ0v) is 17.5. The molecular formula is C21H28N4O3S. The largest absolute Gasteiger partial charge is 0.369 e. The Hall–Kier alpha value is -2.06. The van der Waals surface area contributed by atoms with E-state index in [2.05, 4.69) is 10.2 Å². The van der Waals surface area contributed by atoms with Crippen LogP contribution in [0.3, 0.4) is 0 Å². The van der Waals surface area contributed by atoms with Crippen molar-refractivity contribution in [2.24, 2.45) is 11.7 Å². The smallest absolute Gasteiger partial charge is 0.248 e. The van der Waals surface area contributed by atoms with Crippen molar-refractivity contribution < 1.29 is 14.4 Å². The Morgan fingerprint density at radius 3 is 2.79 bits per heavy atom. The molecule has 3 fully saturated rings. The number of anilines is 1. The lowest BCUT2D eigenvalue weighted by Crippen LogP contribution is -2.48. The van der Waals surface area contributed by atoms with Crippen molar-refractivity contribution in [2.45, 2.75) is 50.1 Å². The number of hydrogen-bond donors (Lipinski definition) is 2. The highest BCUT2D eigenvalue weighted by atomic mass is 32.2. The molecule has 1 aromatic carbocycles. The number of nitrogens with zero attached hydrogens (tertiary/aromatic N) is 2. The topological polar surface area (TPSA) is 95.7 Å². The van der Waals surface area contributed by atoms with Crippen LogP contribution in [0.1, 0.15) is 38.2 Å². The highest BCUT2D eigenvalue weighted by Gasteiger charge is 2.52. The average molecular weight is 417 g/mol. The van der Waals surface area contributed by atoms with Crippen LogP contribution in [0, 0.1) is 5.92 Å². The van der Waals surface area contributed by atoms with Crippen LogP contribution in [-0.4, -0.2) is 57.3 Å². The first-order chi connectivity index (χ1) is 13.9. The minimum Gasteiger partial charge on any atom is -0.369 e. The number of hydrogen-bond acceptors (Lipinski definition) is 5. The van der Waals surface area contributed by atoms with Gasteiger partial charge in [-0.25, -0.2) is 0 Å². The van der Waals surface area contributed by atoms with Gasteiger partial charge < -0.3 is 16.0 Å². The van der Waals surface area contributed by atoms with Crippen LogP contribution >= 0.6 is 11.8 Å². The second-order valence-corrected chi connectivity index (χ2v) is 9.93. The lowest BCUT2D eigenvalue weighted by atomic mass is 9.97. The van der Waals surface area contributed by atoms with Crippen molar-refractivity contribution in [2.75, 3.05) is 24.2 Å². The van der Waals surface area contributed by atoms with Crippen LogP contribution in [0.15, 0.2) is 24.3 Å². The minimum atomic E-state index is -0.404. The van der Waals surface area contributed by atoms with Crippen LogP contribution < -0.4 is 11.1 Å².